The monoisotopic (exact) mass is 613 g/mol. The van der Waals surface area contributed by atoms with Crippen LogP contribution in [-0.4, -0.2) is 51.2 Å². The van der Waals surface area contributed by atoms with Crippen LogP contribution < -0.4 is 10.0 Å². The quantitative estimate of drug-likeness (QED) is 0.114. The molecule has 10 nitrogen and oxygen atoms in total. The highest BCUT2D eigenvalue weighted by Gasteiger charge is 2.16. The number of aliphatic hydroxyl groups is 1. The summed E-state index contributed by atoms with van der Waals surface area (Å²) in [6.45, 7) is 2.07. The van der Waals surface area contributed by atoms with E-state index in [2.05, 4.69) is 42.1 Å². The minimum absolute atomic E-state index is 0.0124. The van der Waals surface area contributed by atoms with Crippen LogP contribution >= 0.6 is 0 Å². The van der Waals surface area contributed by atoms with Gasteiger partial charge in [-0.15, -0.1) is 0 Å². The predicted molar refractivity (Wildman–Crippen MR) is 171 cm³/mol. The Morgan fingerprint density at radius 3 is 2.68 bits per heavy atom. The molecule has 0 amide bonds. The first kappa shape index (κ1) is 29.4. The number of aromatic nitrogens is 5. The van der Waals surface area contributed by atoms with E-state index in [-0.39, 0.29) is 6.54 Å². The minimum atomic E-state index is -3.43. The Bertz CT molecular complexity index is 2070. The molecule has 0 fully saturated rings. The number of anilines is 1. The van der Waals surface area contributed by atoms with Crippen LogP contribution in [0.2, 0.25) is 0 Å². The average Bonchev–Trinajstić information content (AvgIpc) is 3.62. The van der Waals surface area contributed by atoms with Gasteiger partial charge in [-0.25, -0.2) is 17.5 Å². The number of rotatable bonds is 11. The van der Waals surface area contributed by atoms with E-state index in [0.717, 1.165) is 57.7 Å². The molecular formula is C32H32FN7O3S. The molecule has 4 heterocycles. The SMILES string of the molecule is CCCCC(O)Nc1cncc(-c2cc3c(-c4cc5c(-c6cc(F)cc(CNS(C)(=O)=O)c6)cccc5[nH]4)n[nH]c3cn2)c1. The topological polar surface area (TPSA) is 149 Å². The fourth-order valence-corrected chi connectivity index (χ4v) is 5.69. The number of nitrogens with zero attached hydrogens (tertiary/aromatic N) is 3. The summed E-state index contributed by atoms with van der Waals surface area (Å²) in [6.07, 6.45) is 8.11. The Hall–Kier alpha value is -4.65. The van der Waals surface area contributed by atoms with Crippen molar-refractivity contribution in [1.29, 1.82) is 0 Å². The maximum atomic E-state index is 14.6. The van der Waals surface area contributed by atoms with Gasteiger partial charge in [0.1, 0.15) is 17.7 Å². The van der Waals surface area contributed by atoms with Crippen LogP contribution in [-0.2, 0) is 16.6 Å². The van der Waals surface area contributed by atoms with Crippen molar-refractivity contribution in [3.63, 3.8) is 0 Å². The van der Waals surface area contributed by atoms with Gasteiger partial charge in [-0.3, -0.25) is 15.1 Å². The lowest BCUT2D eigenvalue weighted by molar-refractivity contribution is 0.190. The van der Waals surface area contributed by atoms with Gasteiger partial charge in [-0.05, 0) is 72.0 Å². The number of halogens is 1. The average molecular weight is 614 g/mol. The molecule has 0 radical (unpaired) electrons. The highest BCUT2D eigenvalue weighted by atomic mass is 32.2. The number of fused-ring (bicyclic) bond motifs is 2. The van der Waals surface area contributed by atoms with Crippen molar-refractivity contribution in [3.8, 4) is 33.8 Å². The largest absolute Gasteiger partial charge is 0.374 e. The summed E-state index contributed by atoms with van der Waals surface area (Å²) in [5.74, 6) is -0.455. The Morgan fingerprint density at radius 2 is 1.86 bits per heavy atom. The minimum Gasteiger partial charge on any atom is -0.374 e. The number of H-pyrrole nitrogens is 2. The molecule has 6 aromatic rings. The number of unbranched alkanes of at least 4 members (excludes halogenated alkanes) is 1. The zero-order chi connectivity index (χ0) is 30.8. The second-order valence-electron chi connectivity index (χ2n) is 10.8. The van der Waals surface area contributed by atoms with Gasteiger partial charge in [-0.2, -0.15) is 5.10 Å². The number of nitrogens with one attached hydrogen (secondary N) is 4. The molecule has 1 unspecified atom stereocenters. The lowest BCUT2D eigenvalue weighted by Gasteiger charge is -2.14. The van der Waals surface area contributed by atoms with Crippen LogP contribution in [0.5, 0.6) is 0 Å². The third-order valence-electron chi connectivity index (χ3n) is 7.37. The van der Waals surface area contributed by atoms with Crippen LogP contribution in [0.1, 0.15) is 31.7 Å². The van der Waals surface area contributed by atoms with E-state index in [1.807, 2.05) is 36.4 Å². The molecule has 226 valence electrons. The third-order valence-corrected chi connectivity index (χ3v) is 8.04. The normalized spacial score (nSPS) is 12.6. The molecule has 6 rings (SSSR count). The fourth-order valence-electron chi connectivity index (χ4n) is 5.26. The van der Waals surface area contributed by atoms with Crippen LogP contribution in [0.25, 0.3) is 55.6 Å². The second-order valence-corrected chi connectivity index (χ2v) is 12.7. The fraction of sp³-hybridized carbons (Fsp3) is 0.219. The first-order valence-corrected chi connectivity index (χ1v) is 16.2. The van der Waals surface area contributed by atoms with Crippen LogP contribution in [0.15, 0.2) is 73.2 Å². The molecule has 44 heavy (non-hydrogen) atoms. The summed E-state index contributed by atoms with van der Waals surface area (Å²) in [5, 5.41) is 22.7. The van der Waals surface area contributed by atoms with Crippen LogP contribution in [0.3, 0.4) is 0 Å². The van der Waals surface area contributed by atoms with Gasteiger partial charge in [0.05, 0.1) is 41.2 Å². The molecular weight excluding hydrogens is 581 g/mol. The molecule has 12 heteroatoms. The smallest absolute Gasteiger partial charge is 0.209 e. The number of sulfonamides is 1. The summed E-state index contributed by atoms with van der Waals surface area (Å²) in [5.41, 5.74) is 7.19. The lowest BCUT2D eigenvalue weighted by atomic mass is 9.99. The standard InChI is InChI=1S/C32H32FN7O3S/c1-3-4-8-31(41)37-23-12-21(16-34-17-23)28-14-26-30(18-35-28)39-40-32(26)29-13-25-24(6-5-7-27(25)38-29)20-9-19(10-22(33)11-20)15-36-44(2,42)43/h5-7,9-14,16-18,31,36-38,41H,3-4,8,15H2,1-2H3,(H,39,40). The Kier molecular flexibility index (Phi) is 8.13. The van der Waals surface area contributed by atoms with Crippen molar-refractivity contribution >= 4 is 37.5 Å². The maximum absolute atomic E-state index is 14.6. The lowest BCUT2D eigenvalue weighted by Crippen LogP contribution is -2.21. The molecule has 2 aromatic carbocycles. The van der Waals surface area contributed by atoms with Gasteiger partial charge in [0, 0.05) is 34.6 Å². The summed E-state index contributed by atoms with van der Waals surface area (Å²) < 4.78 is 40.2. The van der Waals surface area contributed by atoms with Gasteiger partial charge in [-0.1, -0.05) is 25.5 Å². The number of benzene rings is 2. The molecule has 0 aliphatic heterocycles. The third kappa shape index (κ3) is 6.47. The van der Waals surface area contributed by atoms with Crippen molar-refractivity contribution in [2.45, 2.75) is 39.0 Å². The van der Waals surface area contributed by atoms with Crippen molar-refractivity contribution in [2.24, 2.45) is 0 Å². The molecule has 0 bridgehead atoms. The predicted octanol–water partition coefficient (Wildman–Crippen LogP) is 5.94. The number of aromatic amines is 2. The molecule has 0 spiro atoms. The number of hydrogen-bond donors (Lipinski definition) is 5. The van der Waals surface area contributed by atoms with E-state index in [1.54, 1.807) is 24.7 Å². The second kappa shape index (κ2) is 12.2. The molecule has 1 atom stereocenters. The van der Waals surface area contributed by atoms with Crippen LogP contribution in [0, 0.1) is 5.82 Å². The molecule has 0 saturated carbocycles. The van der Waals surface area contributed by atoms with E-state index in [0.29, 0.717) is 34.6 Å². The summed E-state index contributed by atoms with van der Waals surface area (Å²) in [4.78, 5) is 12.4. The summed E-state index contributed by atoms with van der Waals surface area (Å²) in [6, 6.07) is 16.1. The van der Waals surface area contributed by atoms with E-state index >= 15 is 0 Å². The Morgan fingerprint density at radius 1 is 1.00 bits per heavy atom. The van der Waals surface area contributed by atoms with E-state index in [9.17, 15) is 17.9 Å². The first-order valence-electron chi connectivity index (χ1n) is 14.3. The van der Waals surface area contributed by atoms with Gasteiger partial charge in [0.15, 0.2) is 0 Å². The zero-order valence-electron chi connectivity index (χ0n) is 24.2. The molecule has 0 aliphatic rings. The van der Waals surface area contributed by atoms with Gasteiger partial charge in [0.25, 0.3) is 0 Å². The van der Waals surface area contributed by atoms with Gasteiger partial charge in [0.2, 0.25) is 10.0 Å². The maximum Gasteiger partial charge on any atom is 0.209 e. The Balaban J connectivity index is 1.34. The molecule has 0 saturated heterocycles. The van der Waals surface area contributed by atoms with Crippen molar-refractivity contribution in [3.05, 3.63) is 84.6 Å². The molecule has 5 N–H and O–H groups in total. The van der Waals surface area contributed by atoms with Gasteiger partial charge < -0.3 is 15.4 Å². The van der Waals surface area contributed by atoms with E-state index < -0.39 is 22.1 Å². The number of pyridine rings is 2. The van der Waals surface area contributed by atoms with Crippen molar-refractivity contribution < 1.29 is 17.9 Å². The highest BCUT2D eigenvalue weighted by molar-refractivity contribution is 7.88. The highest BCUT2D eigenvalue weighted by Crippen LogP contribution is 2.35. The van der Waals surface area contributed by atoms with E-state index in [1.165, 1.54) is 12.1 Å². The first-order chi connectivity index (χ1) is 21.2. The molecule has 0 aliphatic carbocycles. The Labute approximate surface area is 253 Å². The van der Waals surface area contributed by atoms with Crippen molar-refractivity contribution in [1.82, 2.24) is 29.9 Å². The molecule has 4 aromatic heterocycles. The summed E-state index contributed by atoms with van der Waals surface area (Å²) in [7, 11) is -3.43. The number of aliphatic hydroxyl groups excluding tert-OH is 1. The van der Waals surface area contributed by atoms with Crippen molar-refractivity contribution in [2.75, 3.05) is 11.6 Å². The van der Waals surface area contributed by atoms with E-state index in [4.69, 9.17) is 0 Å². The summed E-state index contributed by atoms with van der Waals surface area (Å²) >= 11 is 0. The number of hydrogen-bond acceptors (Lipinski definition) is 7. The van der Waals surface area contributed by atoms with Gasteiger partial charge >= 0.3 is 0 Å². The van der Waals surface area contributed by atoms with Crippen LogP contribution in [0.4, 0.5) is 10.1 Å². The zero-order valence-corrected chi connectivity index (χ0v) is 25.0.